The smallest absolute Gasteiger partial charge is 0.266 e. The van der Waals surface area contributed by atoms with Crippen molar-refractivity contribution in [3.8, 4) is 0 Å². The molecular weight excluding hydrogens is 431 g/mol. The summed E-state index contributed by atoms with van der Waals surface area (Å²) in [7, 11) is -2.42. The summed E-state index contributed by atoms with van der Waals surface area (Å²) in [4.78, 5) is 13.1. The topological polar surface area (TPSA) is 92.3 Å². The van der Waals surface area contributed by atoms with Gasteiger partial charge in [0, 0.05) is 18.6 Å². The van der Waals surface area contributed by atoms with E-state index in [9.17, 15) is 13.2 Å². The van der Waals surface area contributed by atoms with E-state index in [1.54, 1.807) is 7.05 Å². The van der Waals surface area contributed by atoms with Gasteiger partial charge in [0.05, 0.1) is 16.5 Å². The molecule has 0 radical (unpaired) electrons. The highest BCUT2D eigenvalue weighted by Gasteiger charge is 2.24. The Hall–Kier alpha value is -1.13. The standard InChI is InChI=1S/C13H13Cl3N4O3S2/c1-3-20(2)11(21)6-10-17-18-13(24-10)19-25(22,23)12-8(15)4-7(14)5-9(12)16/h4-5H,3,6H2,1-2H3,(H,18,19). The van der Waals surface area contributed by atoms with Gasteiger partial charge in [-0.3, -0.25) is 9.52 Å². The number of nitrogens with zero attached hydrogens (tertiary/aromatic N) is 3. The molecule has 136 valence electrons. The number of carbonyl (C=O) groups is 1. The van der Waals surface area contributed by atoms with Crippen LogP contribution in [0.4, 0.5) is 5.13 Å². The van der Waals surface area contributed by atoms with E-state index in [1.165, 1.54) is 17.0 Å². The van der Waals surface area contributed by atoms with E-state index in [-0.39, 0.29) is 37.4 Å². The summed E-state index contributed by atoms with van der Waals surface area (Å²) in [6.07, 6.45) is 0.0339. The van der Waals surface area contributed by atoms with E-state index >= 15 is 0 Å². The third kappa shape index (κ3) is 4.95. The van der Waals surface area contributed by atoms with Crippen molar-refractivity contribution in [3.05, 3.63) is 32.2 Å². The van der Waals surface area contributed by atoms with E-state index in [4.69, 9.17) is 34.8 Å². The van der Waals surface area contributed by atoms with Gasteiger partial charge in [0.1, 0.15) is 9.90 Å². The Labute approximate surface area is 164 Å². The number of halogens is 3. The maximum absolute atomic E-state index is 12.5. The van der Waals surface area contributed by atoms with Crippen LogP contribution in [-0.2, 0) is 21.2 Å². The first-order chi connectivity index (χ1) is 11.6. The predicted octanol–water partition coefficient (Wildman–Crippen LogP) is 3.32. The van der Waals surface area contributed by atoms with E-state index in [1.807, 2.05) is 6.92 Å². The van der Waals surface area contributed by atoms with Gasteiger partial charge in [-0.05, 0) is 19.1 Å². The number of carbonyl (C=O) groups excluding carboxylic acids is 1. The first kappa shape index (κ1) is 20.2. The van der Waals surface area contributed by atoms with Crippen molar-refractivity contribution in [2.24, 2.45) is 0 Å². The third-order valence-electron chi connectivity index (χ3n) is 3.12. The van der Waals surface area contributed by atoms with Crippen LogP contribution in [-0.4, -0.2) is 43.0 Å². The zero-order chi connectivity index (χ0) is 18.8. The Balaban J connectivity index is 2.21. The zero-order valence-corrected chi connectivity index (χ0v) is 17.0. The highest BCUT2D eigenvalue weighted by molar-refractivity contribution is 7.93. The fourth-order valence-electron chi connectivity index (χ4n) is 1.76. The molecule has 1 N–H and O–H groups in total. The van der Waals surface area contributed by atoms with Crippen molar-refractivity contribution in [1.29, 1.82) is 0 Å². The number of aromatic nitrogens is 2. The molecule has 0 aliphatic rings. The molecule has 0 atom stereocenters. The monoisotopic (exact) mass is 442 g/mol. The van der Waals surface area contributed by atoms with Gasteiger partial charge in [0.2, 0.25) is 11.0 Å². The average molecular weight is 444 g/mol. The van der Waals surface area contributed by atoms with Crippen molar-refractivity contribution in [1.82, 2.24) is 15.1 Å². The van der Waals surface area contributed by atoms with Crippen molar-refractivity contribution in [2.75, 3.05) is 18.3 Å². The van der Waals surface area contributed by atoms with Gasteiger partial charge in [-0.1, -0.05) is 46.1 Å². The molecule has 2 rings (SSSR count). The van der Waals surface area contributed by atoms with E-state index < -0.39 is 10.0 Å². The fraction of sp³-hybridized carbons (Fsp3) is 0.308. The maximum Gasteiger partial charge on any atom is 0.266 e. The van der Waals surface area contributed by atoms with Gasteiger partial charge in [0.25, 0.3) is 10.0 Å². The molecule has 1 heterocycles. The molecule has 2 aromatic rings. The van der Waals surface area contributed by atoms with Gasteiger partial charge in [0.15, 0.2) is 0 Å². The molecule has 0 bridgehead atoms. The molecule has 1 aromatic heterocycles. The summed E-state index contributed by atoms with van der Waals surface area (Å²) in [6, 6.07) is 2.54. The molecule has 0 saturated carbocycles. The Morgan fingerprint density at radius 3 is 2.40 bits per heavy atom. The number of sulfonamides is 1. The number of nitrogens with one attached hydrogen (secondary N) is 1. The third-order valence-corrected chi connectivity index (χ3v) is 6.57. The van der Waals surface area contributed by atoms with E-state index in [2.05, 4.69) is 14.9 Å². The first-order valence-corrected chi connectivity index (χ1v) is 10.3. The minimum absolute atomic E-state index is 0.00374. The van der Waals surface area contributed by atoms with Crippen molar-refractivity contribution in [2.45, 2.75) is 18.2 Å². The number of hydrogen-bond acceptors (Lipinski definition) is 6. The lowest BCUT2D eigenvalue weighted by Crippen LogP contribution is -2.27. The summed E-state index contributed by atoms with van der Waals surface area (Å²) in [5.74, 6) is -0.142. The van der Waals surface area contributed by atoms with Crippen LogP contribution in [0, 0.1) is 0 Å². The summed E-state index contributed by atoms with van der Waals surface area (Å²) in [6.45, 7) is 2.40. The van der Waals surface area contributed by atoms with Gasteiger partial charge < -0.3 is 4.90 Å². The fourth-order valence-corrected chi connectivity index (χ4v) is 5.27. The van der Waals surface area contributed by atoms with Gasteiger partial charge in [-0.2, -0.15) is 0 Å². The molecule has 0 aliphatic carbocycles. The molecule has 1 amide bonds. The minimum Gasteiger partial charge on any atom is -0.346 e. The quantitative estimate of drug-likeness (QED) is 0.739. The lowest BCUT2D eigenvalue weighted by molar-refractivity contribution is -0.128. The van der Waals surface area contributed by atoms with Crippen LogP contribution in [0.5, 0.6) is 0 Å². The van der Waals surface area contributed by atoms with Gasteiger partial charge >= 0.3 is 0 Å². The molecule has 12 heteroatoms. The van der Waals surface area contributed by atoms with Crippen molar-refractivity contribution < 1.29 is 13.2 Å². The maximum atomic E-state index is 12.5. The van der Waals surface area contributed by atoms with Gasteiger partial charge in [-0.25, -0.2) is 8.42 Å². The Morgan fingerprint density at radius 1 is 1.24 bits per heavy atom. The largest absolute Gasteiger partial charge is 0.346 e. The molecule has 0 unspecified atom stereocenters. The molecule has 1 aromatic carbocycles. The first-order valence-electron chi connectivity index (χ1n) is 6.87. The van der Waals surface area contributed by atoms with Crippen LogP contribution >= 0.6 is 46.1 Å². The molecule has 0 saturated heterocycles. The number of amides is 1. The molecule has 0 fully saturated rings. The minimum atomic E-state index is -4.09. The lowest BCUT2D eigenvalue weighted by Gasteiger charge is -2.12. The number of rotatable bonds is 6. The SMILES string of the molecule is CCN(C)C(=O)Cc1nnc(NS(=O)(=O)c2c(Cl)cc(Cl)cc2Cl)s1. The Bertz CT molecular complexity index is 879. The van der Waals surface area contributed by atoms with Crippen molar-refractivity contribution in [3.63, 3.8) is 0 Å². The van der Waals surface area contributed by atoms with Crippen molar-refractivity contribution >= 4 is 67.2 Å². The normalized spacial score (nSPS) is 11.4. The second-order valence-electron chi connectivity index (χ2n) is 4.89. The van der Waals surface area contributed by atoms with Crippen LogP contribution < -0.4 is 4.72 Å². The number of hydrogen-bond donors (Lipinski definition) is 1. The Morgan fingerprint density at radius 2 is 1.84 bits per heavy atom. The number of anilines is 1. The second kappa shape index (κ2) is 8.05. The summed E-state index contributed by atoms with van der Waals surface area (Å²) in [5.41, 5.74) is 0. The predicted molar refractivity (Wildman–Crippen MR) is 99.2 cm³/mol. The molecule has 0 spiro atoms. The number of benzene rings is 1. The lowest BCUT2D eigenvalue weighted by atomic mass is 10.4. The van der Waals surface area contributed by atoms with Crippen LogP contribution in [0.1, 0.15) is 11.9 Å². The summed E-state index contributed by atoms with van der Waals surface area (Å²) >= 11 is 18.6. The van der Waals surface area contributed by atoms with E-state index in [0.717, 1.165) is 11.3 Å². The highest BCUT2D eigenvalue weighted by Crippen LogP contribution is 2.34. The van der Waals surface area contributed by atoms with Crippen LogP contribution in [0.15, 0.2) is 17.0 Å². The average Bonchev–Trinajstić information content (AvgIpc) is 2.90. The van der Waals surface area contributed by atoms with Gasteiger partial charge in [-0.15, -0.1) is 10.2 Å². The van der Waals surface area contributed by atoms with Crippen LogP contribution in [0.2, 0.25) is 15.1 Å². The molecule has 0 aliphatic heterocycles. The molecule has 25 heavy (non-hydrogen) atoms. The van der Waals surface area contributed by atoms with Crippen LogP contribution in [0.25, 0.3) is 0 Å². The zero-order valence-electron chi connectivity index (χ0n) is 13.1. The van der Waals surface area contributed by atoms with E-state index in [0.29, 0.717) is 11.6 Å². The summed E-state index contributed by atoms with van der Waals surface area (Å²) < 4.78 is 27.2. The van der Waals surface area contributed by atoms with Crippen LogP contribution in [0.3, 0.4) is 0 Å². The molecular formula is C13H13Cl3N4O3S2. The molecule has 7 nitrogen and oxygen atoms in total. The number of likely N-dealkylation sites (N-methyl/N-ethyl adjacent to an activating group) is 1. The highest BCUT2D eigenvalue weighted by atomic mass is 35.5. The Kier molecular flexibility index (Phi) is 6.50. The second-order valence-corrected chi connectivity index (χ2v) is 8.82. The summed E-state index contributed by atoms with van der Waals surface area (Å²) in [5, 5.41) is 7.92.